The lowest BCUT2D eigenvalue weighted by Gasteiger charge is -2.13. The van der Waals surface area contributed by atoms with Gasteiger partial charge in [0.05, 0.1) is 13.4 Å². The molecule has 0 N–H and O–H groups in total. The molecule has 0 saturated heterocycles. The Hall–Kier alpha value is -2.01. The molecule has 0 unspecified atom stereocenters. The fraction of sp³-hybridized carbons (Fsp3) is 0.250. The van der Waals surface area contributed by atoms with Crippen LogP contribution in [0.15, 0.2) is 42.5 Å². The maximum Gasteiger partial charge on any atom is 0.306 e. The van der Waals surface area contributed by atoms with Gasteiger partial charge in [-0.1, -0.05) is 31.2 Å². The normalized spacial score (nSPS) is 11.2. The van der Waals surface area contributed by atoms with Gasteiger partial charge in [0, 0.05) is 5.56 Å². The molecule has 0 fully saturated rings. The summed E-state index contributed by atoms with van der Waals surface area (Å²) in [6.07, 6.45) is 1.90. The third-order valence-corrected chi connectivity index (χ3v) is 3.60. The van der Waals surface area contributed by atoms with Crippen molar-refractivity contribution in [1.29, 1.82) is 0 Å². The van der Waals surface area contributed by atoms with Gasteiger partial charge in [-0.15, -0.1) is 0 Å². The van der Waals surface area contributed by atoms with Gasteiger partial charge in [-0.3, -0.25) is 0 Å². The molecule has 2 aromatic rings. The predicted octanol–water partition coefficient (Wildman–Crippen LogP) is 3.26. The molecule has 21 heavy (non-hydrogen) atoms. The first kappa shape index (κ1) is 15.4. The van der Waals surface area contributed by atoms with E-state index in [-0.39, 0.29) is 5.75 Å². The van der Waals surface area contributed by atoms with E-state index in [1.54, 1.807) is 25.3 Å². The van der Waals surface area contributed by atoms with Gasteiger partial charge in [0.1, 0.15) is 11.5 Å². The Morgan fingerprint density at radius 3 is 2.38 bits per heavy atom. The van der Waals surface area contributed by atoms with E-state index >= 15 is 0 Å². The first-order chi connectivity index (χ1) is 9.94. The third-order valence-electron chi connectivity index (χ3n) is 3.11. The summed E-state index contributed by atoms with van der Waals surface area (Å²) in [5.41, 5.74) is 2.99. The number of ether oxygens (including phenoxy) is 1. The summed E-state index contributed by atoms with van der Waals surface area (Å²) in [4.78, 5) is 0. The maximum absolute atomic E-state index is 11.3. The highest BCUT2D eigenvalue weighted by Gasteiger charge is 2.13. The minimum absolute atomic E-state index is 0.277. The van der Waals surface area contributed by atoms with Crippen LogP contribution in [-0.2, 0) is 16.5 Å². The van der Waals surface area contributed by atoms with Crippen LogP contribution < -0.4 is 8.92 Å². The van der Waals surface area contributed by atoms with Gasteiger partial charge < -0.3 is 8.92 Å². The lowest BCUT2D eigenvalue weighted by atomic mass is 9.97. The van der Waals surface area contributed by atoms with E-state index in [1.807, 2.05) is 24.3 Å². The third kappa shape index (κ3) is 3.76. The summed E-state index contributed by atoms with van der Waals surface area (Å²) in [5, 5.41) is 0. The Morgan fingerprint density at radius 2 is 1.76 bits per heavy atom. The average Bonchev–Trinajstić information content (AvgIpc) is 2.45. The molecule has 0 aliphatic heterocycles. The molecular weight excluding hydrogens is 288 g/mol. The molecule has 112 valence electrons. The Morgan fingerprint density at radius 1 is 1.05 bits per heavy atom. The van der Waals surface area contributed by atoms with Gasteiger partial charge in [0.2, 0.25) is 0 Å². The molecule has 0 bridgehead atoms. The Balaban J connectivity index is 2.57. The van der Waals surface area contributed by atoms with E-state index in [4.69, 9.17) is 8.92 Å². The van der Waals surface area contributed by atoms with Crippen LogP contribution >= 0.6 is 0 Å². The minimum Gasteiger partial charge on any atom is -0.496 e. The van der Waals surface area contributed by atoms with E-state index in [0.717, 1.165) is 29.4 Å². The molecule has 0 spiro atoms. The highest BCUT2D eigenvalue weighted by molar-refractivity contribution is 7.86. The Kier molecular flexibility index (Phi) is 4.53. The SMILES string of the molecule is CCc1ccccc1-c1cc(OS(C)(=O)=O)ccc1OC. The summed E-state index contributed by atoms with van der Waals surface area (Å²) in [6, 6.07) is 12.9. The zero-order chi connectivity index (χ0) is 15.5. The second kappa shape index (κ2) is 6.18. The number of benzene rings is 2. The van der Waals surface area contributed by atoms with Crippen molar-refractivity contribution in [2.75, 3.05) is 13.4 Å². The molecule has 0 aliphatic rings. The highest BCUT2D eigenvalue weighted by Crippen LogP contribution is 2.35. The van der Waals surface area contributed by atoms with Crippen LogP contribution in [0.25, 0.3) is 11.1 Å². The van der Waals surface area contributed by atoms with Gasteiger partial charge in [-0.05, 0) is 35.7 Å². The van der Waals surface area contributed by atoms with E-state index in [9.17, 15) is 8.42 Å². The van der Waals surface area contributed by atoms with Gasteiger partial charge in [-0.25, -0.2) is 0 Å². The number of aryl methyl sites for hydroxylation is 1. The molecule has 4 nitrogen and oxygen atoms in total. The molecule has 0 radical (unpaired) electrons. The zero-order valence-corrected chi connectivity index (χ0v) is 13.1. The monoisotopic (exact) mass is 306 g/mol. The fourth-order valence-corrected chi connectivity index (χ4v) is 2.67. The number of hydrogen-bond acceptors (Lipinski definition) is 4. The van der Waals surface area contributed by atoms with Crippen molar-refractivity contribution < 1.29 is 17.3 Å². The number of methoxy groups -OCH3 is 1. The van der Waals surface area contributed by atoms with Gasteiger partial charge in [0.25, 0.3) is 0 Å². The Bertz CT molecular complexity index is 736. The molecule has 0 heterocycles. The predicted molar refractivity (Wildman–Crippen MR) is 83.3 cm³/mol. The quantitative estimate of drug-likeness (QED) is 0.796. The van der Waals surface area contributed by atoms with E-state index in [0.29, 0.717) is 5.75 Å². The van der Waals surface area contributed by atoms with Crippen LogP contribution in [0.4, 0.5) is 0 Å². The summed E-state index contributed by atoms with van der Waals surface area (Å²) in [7, 11) is -1.96. The summed E-state index contributed by atoms with van der Waals surface area (Å²) in [5.74, 6) is 0.955. The first-order valence-electron chi connectivity index (χ1n) is 6.60. The van der Waals surface area contributed by atoms with Gasteiger partial charge in [-0.2, -0.15) is 8.42 Å². The van der Waals surface area contributed by atoms with Crippen molar-refractivity contribution >= 4 is 10.1 Å². The van der Waals surface area contributed by atoms with Crippen molar-refractivity contribution in [3.8, 4) is 22.6 Å². The molecule has 0 atom stereocenters. The molecule has 5 heteroatoms. The molecule has 2 rings (SSSR count). The largest absolute Gasteiger partial charge is 0.496 e. The summed E-state index contributed by atoms with van der Waals surface area (Å²) >= 11 is 0. The maximum atomic E-state index is 11.3. The molecule has 0 amide bonds. The molecule has 0 aliphatic carbocycles. The lowest BCUT2D eigenvalue weighted by Crippen LogP contribution is -2.06. The number of rotatable bonds is 5. The smallest absolute Gasteiger partial charge is 0.306 e. The van der Waals surface area contributed by atoms with Gasteiger partial charge in [0.15, 0.2) is 0 Å². The van der Waals surface area contributed by atoms with Crippen LogP contribution in [-0.4, -0.2) is 21.8 Å². The molecular formula is C16H18O4S. The molecule has 2 aromatic carbocycles. The van der Waals surface area contributed by atoms with Crippen LogP contribution in [0.3, 0.4) is 0 Å². The fourth-order valence-electron chi connectivity index (χ4n) is 2.22. The first-order valence-corrected chi connectivity index (χ1v) is 8.42. The van der Waals surface area contributed by atoms with Crippen LogP contribution in [0, 0.1) is 0 Å². The molecule has 0 aromatic heterocycles. The summed E-state index contributed by atoms with van der Waals surface area (Å²) in [6.45, 7) is 2.07. The number of hydrogen-bond donors (Lipinski definition) is 0. The van der Waals surface area contributed by atoms with E-state index in [2.05, 4.69) is 6.92 Å². The van der Waals surface area contributed by atoms with Crippen LogP contribution in [0.1, 0.15) is 12.5 Å². The van der Waals surface area contributed by atoms with Crippen molar-refractivity contribution in [2.24, 2.45) is 0 Å². The van der Waals surface area contributed by atoms with E-state index < -0.39 is 10.1 Å². The molecule has 0 saturated carbocycles. The van der Waals surface area contributed by atoms with Crippen molar-refractivity contribution in [3.05, 3.63) is 48.0 Å². The standard InChI is InChI=1S/C16H18O4S/c1-4-12-7-5-6-8-14(12)15-11-13(20-21(3,17)18)9-10-16(15)19-2/h5-11H,4H2,1-3H3. The van der Waals surface area contributed by atoms with E-state index in [1.165, 1.54) is 0 Å². The average molecular weight is 306 g/mol. The highest BCUT2D eigenvalue weighted by atomic mass is 32.2. The van der Waals surface area contributed by atoms with Crippen molar-refractivity contribution in [1.82, 2.24) is 0 Å². The zero-order valence-electron chi connectivity index (χ0n) is 12.3. The lowest BCUT2D eigenvalue weighted by molar-refractivity contribution is 0.415. The van der Waals surface area contributed by atoms with Gasteiger partial charge >= 0.3 is 10.1 Å². The van der Waals surface area contributed by atoms with Crippen molar-refractivity contribution in [2.45, 2.75) is 13.3 Å². The topological polar surface area (TPSA) is 52.6 Å². The van der Waals surface area contributed by atoms with Crippen molar-refractivity contribution in [3.63, 3.8) is 0 Å². The second-order valence-electron chi connectivity index (χ2n) is 4.66. The Labute approximate surface area is 125 Å². The summed E-state index contributed by atoms with van der Waals surface area (Å²) < 4.78 is 32.9. The second-order valence-corrected chi connectivity index (χ2v) is 6.24. The minimum atomic E-state index is -3.55. The van der Waals surface area contributed by atoms with Crippen LogP contribution in [0.5, 0.6) is 11.5 Å². The van der Waals surface area contributed by atoms with Crippen LogP contribution in [0.2, 0.25) is 0 Å².